The van der Waals surface area contributed by atoms with Gasteiger partial charge < -0.3 is 0 Å². The molecule has 0 aromatic carbocycles. The van der Waals surface area contributed by atoms with E-state index in [-0.39, 0.29) is 6.04 Å². The Bertz CT molecular complexity index is 272. The average Bonchev–Trinajstić information content (AvgIpc) is 2.47. The molecule has 1 atom stereocenters. The number of carbonyl (C=O) groups excluding carboxylic acids is 1. The molecule has 0 aromatic rings. The van der Waals surface area contributed by atoms with E-state index in [1.807, 2.05) is 0 Å². The zero-order valence-corrected chi connectivity index (χ0v) is 12.6. The van der Waals surface area contributed by atoms with E-state index in [0.29, 0.717) is 5.78 Å². The molecule has 3 heteroatoms. The Morgan fingerprint density at radius 1 is 0.947 bits per heavy atom. The van der Waals surface area contributed by atoms with Gasteiger partial charge >= 0.3 is 0 Å². The van der Waals surface area contributed by atoms with Crippen LogP contribution in [0.15, 0.2) is 0 Å². The number of unbranched alkanes of at least 4 members (excludes halogenated alkanes) is 6. The fourth-order valence-electron chi connectivity index (χ4n) is 3.35. The number of ketones is 1. The van der Waals surface area contributed by atoms with Crippen LogP contribution in [0.3, 0.4) is 0 Å². The molecule has 0 N–H and O–H groups in total. The van der Waals surface area contributed by atoms with Crippen molar-refractivity contribution in [2.24, 2.45) is 0 Å². The maximum atomic E-state index is 12.3. The van der Waals surface area contributed by atoms with Crippen LogP contribution in [-0.2, 0) is 4.79 Å². The molecule has 0 amide bonds. The average molecular weight is 266 g/mol. The fraction of sp³-hybridized carbons (Fsp3) is 0.938. The molecule has 0 radical (unpaired) electrons. The predicted molar refractivity (Wildman–Crippen MR) is 79.4 cm³/mol. The van der Waals surface area contributed by atoms with Crippen molar-refractivity contribution in [2.45, 2.75) is 64.3 Å². The second-order valence-corrected chi connectivity index (χ2v) is 6.19. The molecule has 0 aliphatic carbocycles. The highest BCUT2D eigenvalue weighted by Crippen LogP contribution is 2.18. The minimum Gasteiger partial charge on any atom is -0.299 e. The molecule has 3 heterocycles. The van der Waals surface area contributed by atoms with E-state index in [0.717, 1.165) is 32.5 Å². The summed E-state index contributed by atoms with van der Waals surface area (Å²) in [6, 6.07) is 0.225. The first-order chi connectivity index (χ1) is 9.31. The first-order valence-electron chi connectivity index (χ1n) is 8.30. The van der Waals surface area contributed by atoms with Gasteiger partial charge in [0.25, 0.3) is 0 Å². The Hall–Kier alpha value is -0.410. The van der Waals surface area contributed by atoms with Gasteiger partial charge in [0.15, 0.2) is 5.78 Å². The Morgan fingerprint density at radius 2 is 1.58 bits per heavy atom. The van der Waals surface area contributed by atoms with E-state index in [9.17, 15) is 4.79 Å². The molecule has 0 aromatic heterocycles. The number of hydrogen-bond acceptors (Lipinski definition) is 3. The Morgan fingerprint density at radius 3 is 2.16 bits per heavy atom. The Labute approximate surface area is 118 Å². The topological polar surface area (TPSA) is 23.6 Å². The maximum absolute atomic E-state index is 12.3. The molecule has 0 saturated carbocycles. The molecule has 3 nitrogen and oxygen atoms in total. The van der Waals surface area contributed by atoms with Crippen LogP contribution < -0.4 is 0 Å². The number of rotatable bonds is 9. The Kier molecular flexibility index (Phi) is 6.32. The minimum atomic E-state index is 0.225. The lowest BCUT2D eigenvalue weighted by atomic mass is 9.99. The summed E-state index contributed by atoms with van der Waals surface area (Å²) in [5.41, 5.74) is 0. The van der Waals surface area contributed by atoms with Crippen LogP contribution >= 0.6 is 0 Å². The van der Waals surface area contributed by atoms with Gasteiger partial charge in [0.1, 0.15) is 0 Å². The largest absolute Gasteiger partial charge is 0.299 e. The lowest BCUT2D eigenvalue weighted by molar-refractivity contribution is -0.129. The van der Waals surface area contributed by atoms with Crippen LogP contribution in [0.4, 0.5) is 0 Å². The van der Waals surface area contributed by atoms with E-state index in [4.69, 9.17) is 0 Å². The predicted octanol–water partition coefficient (Wildman–Crippen LogP) is 2.70. The molecule has 2 bridgehead atoms. The zero-order chi connectivity index (χ0) is 13.5. The zero-order valence-electron chi connectivity index (χ0n) is 12.6. The van der Waals surface area contributed by atoms with Crippen LogP contribution in [0, 0.1) is 0 Å². The summed E-state index contributed by atoms with van der Waals surface area (Å²) in [6.07, 6.45) is 9.87. The monoisotopic (exact) mass is 266 g/mol. The number of carbonyl (C=O) groups is 1. The van der Waals surface area contributed by atoms with Gasteiger partial charge in [0, 0.05) is 39.1 Å². The van der Waals surface area contributed by atoms with Gasteiger partial charge in [0.2, 0.25) is 0 Å². The summed E-state index contributed by atoms with van der Waals surface area (Å²) in [4.78, 5) is 17.1. The fourth-order valence-corrected chi connectivity index (χ4v) is 3.35. The highest BCUT2D eigenvalue weighted by Gasteiger charge is 2.35. The van der Waals surface area contributed by atoms with E-state index < -0.39 is 0 Å². The van der Waals surface area contributed by atoms with Gasteiger partial charge in [-0.05, 0) is 6.42 Å². The third kappa shape index (κ3) is 4.57. The molecule has 1 unspecified atom stereocenters. The smallest absolute Gasteiger partial charge is 0.151 e. The second-order valence-electron chi connectivity index (χ2n) is 6.19. The van der Waals surface area contributed by atoms with Crippen LogP contribution in [0.5, 0.6) is 0 Å². The van der Waals surface area contributed by atoms with E-state index in [1.165, 1.54) is 51.6 Å². The molecule has 3 saturated heterocycles. The molecule has 3 aliphatic rings. The molecule has 3 fully saturated rings. The highest BCUT2D eigenvalue weighted by atomic mass is 16.1. The van der Waals surface area contributed by atoms with Crippen molar-refractivity contribution in [1.29, 1.82) is 0 Å². The molecule has 19 heavy (non-hydrogen) atoms. The van der Waals surface area contributed by atoms with Gasteiger partial charge in [-0.1, -0.05) is 45.4 Å². The van der Waals surface area contributed by atoms with Crippen LogP contribution in [0.1, 0.15) is 58.3 Å². The Balaban J connectivity index is 1.55. The molecule has 3 rings (SSSR count). The number of nitrogens with zero attached hydrogens (tertiary/aromatic N) is 2. The molecular formula is C16H30N2O. The van der Waals surface area contributed by atoms with Crippen LogP contribution in [0.25, 0.3) is 0 Å². The van der Waals surface area contributed by atoms with Crippen molar-refractivity contribution in [3.8, 4) is 0 Å². The molecule has 3 aliphatic heterocycles. The highest BCUT2D eigenvalue weighted by molar-refractivity contribution is 5.84. The van der Waals surface area contributed by atoms with Crippen molar-refractivity contribution in [3.63, 3.8) is 0 Å². The van der Waals surface area contributed by atoms with Gasteiger partial charge in [0.05, 0.1) is 6.04 Å². The van der Waals surface area contributed by atoms with E-state index in [2.05, 4.69) is 16.7 Å². The van der Waals surface area contributed by atoms with Gasteiger partial charge in [-0.2, -0.15) is 0 Å². The SMILES string of the molecule is CCCCCCCCCC(=O)C1CN2CCN1CC2. The van der Waals surface area contributed by atoms with E-state index in [1.54, 1.807) is 0 Å². The molecule has 0 spiro atoms. The number of hydrogen-bond donors (Lipinski definition) is 0. The van der Waals surface area contributed by atoms with Crippen molar-refractivity contribution in [2.75, 3.05) is 32.7 Å². The summed E-state index contributed by atoms with van der Waals surface area (Å²) >= 11 is 0. The first-order valence-corrected chi connectivity index (χ1v) is 8.30. The minimum absolute atomic E-state index is 0.225. The number of Topliss-reactive ketones (excluding diaryl/α,β-unsaturated/α-hetero) is 1. The van der Waals surface area contributed by atoms with Crippen LogP contribution in [0.2, 0.25) is 0 Å². The number of fused-ring (bicyclic) bond motifs is 3. The van der Waals surface area contributed by atoms with Gasteiger partial charge in [-0.25, -0.2) is 0 Å². The summed E-state index contributed by atoms with van der Waals surface area (Å²) in [5.74, 6) is 0.498. The number of piperazine rings is 3. The quantitative estimate of drug-likeness (QED) is 0.600. The molecule has 110 valence electrons. The standard InChI is InChI=1S/C16H30N2O/c1-2-3-4-5-6-7-8-9-16(19)15-14-17-10-12-18(15)13-11-17/h15H,2-14H2,1H3. The van der Waals surface area contributed by atoms with Crippen LogP contribution in [-0.4, -0.2) is 54.3 Å². The van der Waals surface area contributed by atoms with Crippen molar-refractivity contribution >= 4 is 5.78 Å². The second kappa shape index (κ2) is 8.01. The summed E-state index contributed by atoms with van der Waals surface area (Å²) in [7, 11) is 0. The summed E-state index contributed by atoms with van der Waals surface area (Å²) in [6.45, 7) is 7.79. The van der Waals surface area contributed by atoms with Crippen molar-refractivity contribution in [3.05, 3.63) is 0 Å². The lowest BCUT2D eigenvalue weighted by Gasteiger charge is -2.46. The third-order valence-electron chi connectivity index (χ3n) is 4.68. The van der Waals surface area contributed by atoms with Gasteiger partial charge in [-0.3, -0.25) is 14.6 Å². The van der Waals surface area contributed by atoms with Crippen molar-refractivity contribution in [1.82, 2.24) is 9.80 Å². The summed E-state index contributed by atoms with van der Waals surface area (Å²) < 4.78 is 0. The maximum Gasteiger partial charge on any atom is 0.151 e. The van der Waals surface area contributed by atoms with Crippen molar-refractivity contribution < 1.29 is 4.79 Å². The normalized spacial score (nSPS) is 29.6. The van der Waals surface area contributed by atoms with Gasteiger partial charge in [-0.15, -0.1) is 0 Å². The first kappa shape index (κ1) is 15.0. The summed E-state index contributed by atoms with van der Waals surface area (Å²) in [5, 5.41) is 0. The lowest BCUT2D eigenvalue weighted by Crippen LogP contribution is -2.63. The molecular weight excluding hydrogens is 236 g/mol. The third-order valence-corrected chi connectivity index (χ3v) is 4.68. The van der Waals surface area contributed by atoms with E-state index >= 15 is 0 Å².